The van der Waals surface area contributed by atoms with Crippen molar-refractivity contribution < 1.29 is 19.0 Å². The lowest BCUT2D eigenvalue weighted by Crippen LogP contribution is -2.50. The fourth-order valence-corrected chi connectivity index (χ4v) is 2.89. The summed E-state index contributed by atoms with van der Waals surface area (Å²) in [5.74, 6) is -0.519. The van der Waals surface area contributed by atoms with Crippen LogP contribution in [0.2, 0.25) is 0 Å². The van der Waals surface area contributed by atoms with E-state index in [0.717, 1.165) is 0 Å². The Labute approximate surface area is 160 Å². The zero-order chi connectivity index (χ0) is 20.5. The summed E-state index contributed by atoms with van der Waals surface area (Å²) in [6.45, 7) is 6.94. The molecule has 1 fully saturated rings. The molecule has 0 aliphatic carbocycles. The summed E-state index contributed by atoms with van der Waals surface area (Å²) in [5, 5.41) is 15.1. The average Bonchev–Trinajstić information content (AvgIpc) is 3.06. The Bertz CT molecular complexity index is 936. The van der Waals surface area contributed by atoms with Gasteiger partial charge in [0, 0.05) is 37.8 Å². The number of nitrogens with one attached hydrogen (secondary N) is 1. The Hall–Kier alpha value is -3.37. The molecule has 0 saturated carbocycles. The van der Waals surface area contributed by atoms with Crippen molar-refractivity contribution in [2.75, 3.05) is 31.1 Å². The van der Waals surface area contributed by atoms with Gasteiger partial charge in [-0.3, -0.25) is 19.6 Å². The van der Waals surface area contributed by atoms with Gasteiger partial charge in [0.05, 0.1) is 4.92 Å². The number of carbonyl (C=O) groups excluding carboxylic acids is 1. The summed E-state index contributed by atoms with van der Waals surface area (Å²) in [4.78, 5) is 40.2. The minimum Gasteiger partial charge on any atom is -0.444 e. The normalized spacial score (nSPS) is 14.8. The van der Waals surface area contributed by atoms with Crippen LogP contribution in [0.1, 0.15) is 20.8 Å². The second kappa shape index (κ2) is 7.33. The molecule has 28 heavy (non-hydrogen) atoms. The molecule has 1 aliphatic rings. The number of ether oxygens (including phenoxy) is 1. The zero-order valence-corrected chi connectivity index (χ0v) is 15.8. The molecule has 1 aliphatic heterocycles. The maximum Gasteiger partial charge on any atom is 0.439 e. The summed E-state index contributed by atoms with van der Waals surface area (Å²) in [6.07, 6.45) is -0.407. The van der Waals surface area contributed by atoms with Crippen LogP contribution in [-0.4, -0.2) is 57.8 Å². The summed E-state index contributed by atoms with van der Waals surface area (Å²) in [6, 6.07) is 4.43. The van der Waals surface area contributed by atoms with E-state index in [0.29, 0.717) is 37.4 Å². The molecule has 1 amide bonds. The highest BCUT2D eigenvalue weighted by Gasteiger charge is 2.29. The van der Waals surface area contributed by atoms with Gasteiger partial charge in [-0.25, -0.2) is 9.59 Å². The maximum atomic E-state index is 12.2. The number of hydrogen-bond acceptors (Lipinski definition) is 8. The van der Waals surface area contributed by atoms with Crippen LogP contribution >= 0.6 is 0 Å². The Morgan fingerprint density at radius 2 is 1.96 bits per heavy atom. The minimum absolute atomic E-state index is 0.0692. The number of anilines is 1. The van der Waals surface area contributed by atoms with Crippen LogP contribution in [0.5, 0.6) is 0 Å². The first-order valence-electron chi connectivity index (χ1n) is 8.72. The highest BCUT2D eigenvalue weighted by atomic mass is 16.6. The first-order valence-corrected chi connectivity index (χ1v) is 8.72. The van der Waals surface area contributed by atoms with Gasteiger partial charge in [0.25, 0.3) is 5.69 Å². The standard InChI is InChI=1S/C17H21N5O6/c1-17(2,3)27-16(24)21-8-6-20(7-9-21)13-10-11(4-5-12(13)22(25)26)14-18-15(23)28-19-14/h4-5,10H,6-9H2,1-3H3,(H,18,19,23). The van der Waals surface area contributed by atoms with Crippen LogP contribution in [0.3, 0.4) is 0 Å². The van der Waals surface area contributed by atoms with Crippen LogP contribution in [0.25, 0.3) is 11.4 Å². The summed E-state index contributed by atoms with van der Waals surface area (Å²) in [5.41, 5.74) is 0.215. The molecule has 0 bridgehead atoms. The number of carbonyl (C=O) groups is 1. The number of hydrogen-bond donors (Lipinski definition) is 1. The van der Waals surface area contributed by atoms with Gasteiger partial charge in [-0.05, 0) is 32.9 Å². The van der Waals surface area contributed by atoms with Gasteiger partial charge < -0.3 is 14.5 Å². The molecule has 2 heterocycles. The number of amides is 1. The predicted molar refractivity (Wildman–Crippen MR) is 99.2 cm³/mol. The average molecular weight is 391 g/mol. The molecule has 2 aromatic rings. The number of nitrogens with zero attached hydrogens (tertiary/aromatic N) is 4. The van der Waals surface area contributed by atoms with Gasteiger partial charge in [-0.2, -0.15) is 0 Å². The van der Waals surface area contributed by atoms with E-state index in [2.05, 4.69) is 14.7 Å². The smallest absolute Gasteiger partial charge is 0.439 e. The van der Waals surface area contributed by atoms with Crippen LogP contribution in [0, 0.1) is 10.1 Å². The number of benzene rings is 1. The SMILES string of the molecule is CC(C)(C)OC(=O)N1CCN(c2cc(-c3noc(=O)[nH]3)ccc2[N+](=O)[O-])CC1. The lowest BCUT2D eigenvalue weighted by molar-refractivity contribution is -0.384. The van der Waals surface area contributed by atoms with Gasteiger partial charge >= 0.3 is 11.8 Å². The van der Waals surface area contributed by atoms with Crippen molar-refractivity contribution in [2.45, 2.75) is 26.4 Å². The summed E-state index contributed by atoms with van der Waals surface area (Å²) >= 11 is 0. The largest absolute Gasteiger partial charge is 0.444 e. The lowest BCUT2D eigenvalue weighted by atomic mass is 10.1. The zero-order valence-electron chi connectivity index (χ0n) is 15.8. The second-order valence-corrected chi connectivity index (χ2v) is 7.36. The van der Waals surface area contributed by atoms with Crippen LogP contribution in [-0.2, 0) is 4.74 Å². The molecule has 1 saturated heterocycles. The van der Waals surface area contributed by atoms with Crippen molar-refractivity contribution in [3.63, 3.8) is 0 Å². The van der Waals surface area contributed by atoms with E-state index in [1.807, 2.05) is 4.90 Å². The molecule has 0 radical (unpaired) electrons. The van der Waals surface area contributed by atoms with Crippen molar-refractivity contribution in [1.82, 2.24) is 15.0 Å². The molecule has 11 heteroatoms. The highest BCUT2D eigenvalue weighted by molar-refractivity contribution is 5.73. The van der Waals surface area contributed by atoms with Gasteiger partial charge in [0.1, 0.15) is 11.3 Å². The van der Waals surface area contributed by atoms with Crippen molar-refractivity contribution in [3.8, 4) is 11.4 Å². The molecule has 1 aromatic heterocycles. The van der Waals surface area contributed by atoms with Gasteiger partial charge in [0.2, 0.25) is 0 Å². The van der Waals surface area contributed by atoms with Crippen LogP contribution < -0.4 is 10.7 Å². The minimum atomic E-state index is -0.708. The molecule has 1 aromatic carbocycles. The second-order valence-electron chi connectivity index (χ2n) is 7.36. The van der Waals surface area contributed by atoms with E-state index in [-0.39, 0.29) is 11.5 Å². The third-order valence-corrected chi connectivity index (χ3v) is 4.16. The number of aromatic amines is 1. The van der Waals surface area contributed by atoms with E-state index >= 15 is 0 Å². The lowest BCUT2D eigenvalue weighted by Gasteiger charge is -2.36. The monoisotopic (exact) mass is 391 g/mol. The van der Waals surface area contributed by atoms with Crippen molar-refractivity contribution in [2.24, 2.45) is 0 Å². The molecule has 0 spiro atoms. The Kier molecular flexibility index (Phi) is 5.08. The summed E-state index contributed by atoms with van der Waals surface area (Å²) in [7, 11) is 0. The molecular weight excluding hydrogens is 370 g/mol. The number of aromatic nitrogens is 2. The van der Waals surface area contributed by atoms with E-state index in [1.165, 1.54) is 12.1 Å². The first kappa shape index (κ1) is 19.4. The Balaban J connectivity index is 1.80. The van der Waals surface area contributed by atoms with Crippen LogP contribution in [0.4, 0.5) is 16.2 Å². The topological polar surface area (TPSA) is 135 Å². The quantitative estimate of drug-likeness (QED) is 0.620. The molecule has 150 valence electrons. The number of nitro benzene ring substituents is 1. The Morgan fingerprint density at radius 3 is 2.50 bits per heavy atom. The first-order chi connectivity index (χ1) is 13.1. The number of nitro groups is 1. The third kappa shape index (κ3) is 4.30. The molecule has 0 atom stereocenters. The van der Waals surface area contributed by atoms with Crippen molar-refractivity contribution >= 4 is 17.5 Å². The number of piperazine rings is 1. The maximum absolute atomic E-state index is 12.2. The number of H-pyrrole nitrogens is 1. The van der Waals surface area contributed by atoms with Gasteiger partial charge in [-0.15, -0.1) is 0 Å². The summed E-state index contributed by atoms with van der Waals surface area (Å²) < 4.78 is 9.86. The van der Waals surface area contributed by atoms with Crippen molar-refractivity contribution in [1.29, 1.82) is 0 Å². The van der Waals surface area contributed by atoms with E-state index in [9.17, 15) is 19.7 Å². The predicted octanol–water partition coefficient (Wildman–Crippen LogP) is 2.00. The van der Waals surface area contributed by atoms with E-state index in [1.54, 1.807) is 31.7 Å². The molecule has 11 nitrogen and oxygen atoms in total. The van der Waals surface area contributed by atoms with E-state index in [4.69, 9.17) is 4.74 Å². The fraction of sp³-hybridized carbons (Fsp3) is 0.471. The highest BCUT2D eigenvalue weighted by Crippen LogP contribution is 2.32. The van der Waals surface area contributed by atoms with Gasteiger partial charge in [0.15, 0.2) is 5.82 Å². The van der Waals surface area contributed by atoms with Crippen LogP contribution in [0.15, 0.2) is 27.5 Å². The molecular formula is C17H21N5O6. The fourth-order valence-electron chi connectivity index (χ4n) is 2.89. The van der Waals surface area contributed by atoms with Gasteiger partial charge in [-0.1, -0.05) is 5.16 Å². The number of rotatable bonds is 3. The molecule has 3 rings (SSSR count). The molecule has 1 N–H and O–H groups in total. The van der Waals surface area contributed by atoms with E-state index < -0.39 is 22.4 Å². The Morgan fingerprint density at radius 1 is 1.29 bits per heavy atom. The molecule has 0 unspecified atom stereocenters. The third-order valence-electron chi connectivity index (χ3n) is 4.16. The van der Waals surface area contributed by atoms with Crippen molar-refractivity contribution in [3.05, 3.63) is 38.9 Å².